The molecule has 0 unspecified atom stereocenters. The van der Waals surface area contributed by atoms with Crippen molar-refractivity contribution in [3.8, 4) is 5.75 Å². The van der Waals surface area contributed by atoms with Crippen LogP contribution >= 0.6 is 0 Å². The molecule has 1 aromatic rings. The minimum atomic E-state index is 0.329. The molecule has 0 bridgehead atoms. The van der Waals surface area contributed by atoms with Crippen molar-refractivity contribution in [2.45, 2.75) is 123 Å². The van der Waals surface area contributed by atoms with Gasteiger partial charge < -0.3 is 9.47 Å². The number of benzene rings is 1. The summed E-state index contributed by atoms with van der Waals surface area (Å²) in [6.07, 6.45) is 23.8. The van der Waals surface area contributed by atoms with Gasteiger partial charge in [0.2, 0.25) is 0 Å². The van der Waals surface area contributed by atoms with Gasteiger partial charge in [-0.05, 0) is 37.0 Å². The SMILES string of the molecule is CCCCCCCCCCCCCCCCCCc1c(C)cccc1OCOC. The Labute approximate surface area is 181 Å². The van der Waals surface area contributed by atoms with Crippen LogP contribution in [-0.4, -0.2) is 13.9 Å². The molecule has 0 amide bonds. The van der Waals surface area contributed by atoms with Gasteiger partial charge in [-0.3, -0.25) is 0 Å². The lowest BCUT2D eigenvalue weighted by Gasteiger charge is -2.13. The quantitative estimate of drug-likeness (QED) is 0.160. The zero-order chi connectivity index (χ0) is 21.0. The number of ether oxygens (including phenoxy) is 2. The van der Waals surface area contributed by atoms with Gasteiger partial charge in [0.05, 0.1) is 0 Å². The van der Waals surface area contributed by atoms with E-state index in [2.05, 4.69) is 32.0 Å². The van der Waals surface area contributed by atoms with Crippen LogP contribution in [0.1, 0.15) is 121 Å². The second kappa shape index (κ2) is 19.0. The highest BCUT2D eigenvalue weighted by Crippen LogP contribution is 2.24. The van der Waals surface area contributed by atoms with Crippen molar-refractivity contribution < 1.29 is 9.47 Å². The van der Waals surface area contributed by atoms with E-state index in [0.29, 0.717) is 6.79 Å². The summed E-state index contributed by atoms with van der Waals surface area (Å²) in [6.45, 7) is 4.80. The highest BCUT2D eigenvalue weighted by atomic mass is 16.7. The van der Waals surface area contributed by atoms with Crippen LogP contribution in [0.2, 0.25) is 0 Å². The van der Waals surface area contributed by atoms with Crippen LogP contribution in [-0.2, 0) is 11.2 Å². The third kappa shape index (κ3) is 13.8. The fourth-order valence-corrected chi connectivity index (χ4v) is 4.10. The minimum Gasteiger partial charge on any atom is -0.467 e. The van der Waals surface area contributed by atoms with Crippen molar-refractivity contribution in [2.24, 2.45) is 0 Å². The van der Waals surface area contributed by atoms with E-state index in [1.807, 2.05) is 0 Å². The smallest absolute Gasteiger partial charge is 0.188 e. The summed E-state index contributed by atoms with van der Waals surface area (Å²) in [5.41, 5.74) is 2.69. The first-order valence-electron chi connectivity index (χ1n) is 12.5. The van der Waals surface area contributed by atoms with E-state index in [1.165, 1.54) is 114 Å². The predicted octanol–water partition coefficient (Wildman–Crippen LogP) is 8.78. The number of methoxy groups -OCH3 is 1. The average molecular weight is 405 g/mol. The van der Waals surface area contributed by atoms with Gasteiger partial charge >= 0.3 is 0 Å². The Kier molecular flexibility index (Phi) is 17.0. The zero-order valence-electron chi connectivity index (χ0n) is 19.8. The van der Waals surface area contributed by atoms with Gasteiger partial charge in [-0.2, -0.15) is 0 Å². The largest absolute Gasteiger partial charge is 0.467 e. The second-order valence-corrected chi connectivity index (χ2v) is 8.66. The molecule has 29 heavy (non-hydrogen) atoms. The third-order valence-corrected chi connectivity index (χ3v) is 5.98. The van der Waals surface area contributed by atoms with Crippen molar-refractivity contribution in [1.82, 2.24) is 0 Å². The molecule has 0 fully saturated rings. The minimum absolute atomic E-state index is 0.329. The summed E-state index contributed by atoms with van der Waals surface area (Å²) in [5.74, 6) is 0.993. The molecule has 0 aromatic heterocycles. The number of unbranched alkanes of at least 4 members (excludes halogenated alkanes) is 15. The molecule has 0 aliphatic carbocycles. The van der Waals surface area contributed by atoms with E-state index in [0.717, 1.165) is 12.2 Å². The Balaban J connectivity index is 1.93. The molecule has 2 heteroatoms. The van der Waals surface area contributed by atoms with Crippen molar-refractivity contribution >= 4 is 0 Å². The first kappa shape index (κ1) is 26.0. The topological polar surface area (TPSA) is 18.5 Å². The van der Waals surface area contributed by atoms with Gasteiger partial charge in [-0.1, -0.05) is 115 Å². The van der Waals surface area contributed by atoms with Crippen LogP contribution in [0.3, 0.4) is 0 Å². The molecule has 0 N–H and O–H groups in total. The van der Waals surface area contributed by atoms with Gasteiger partial charge in [0.1, 0.15) is 5.75 Å². The summed E-state index contributed by atoms with van der Waals surface area (Å²) in [4.78, 5) is 0. The predicted molar refractivity (Wildman–Crippen MR) is 127 cm³/mol. The molecular formula is C27H48O2. The molecule has 0 heterocycles. The van der Waals surface area contributed by atoms with Gasteiger partial charge in [-0.25, -0.2) is 0 Å². The van der Waals surface area contributed by atoms with E-state index in [-0.39, 0.29) is 0 Å². The lowest BCUT2D eigenvalue weighted by Crippen LogP contribution is -2.03. The highest BCUT2D eigenvalue weighted by molar-refractivity contribution is 5.39. The monoisotopic (exact) mass is 404 g/mol. The molecule has 0 saturated carbocycles. The zero-order valence-corrected chi connectivity index (χ0v) is 19.8. The summed E-state index contributed by atoms with van der Waals surface area (Å²) in [7, 11) is 1.67. The van der Waals surface area contributed by atoms with Crippen LogP contribution < -0.4 is 4.74 Å². The maximum Gasteiger partial charge on any atom is 0.188 e. The van der Waals surface area contributed by atoms with E-state index in [1.54, 1.807) is 7.11 Å². The van der Waals surface area contributed by atoms with E-state index in [4.69, 9.17) is 9.47 Å². The van der Waals surface area contributed by atoms with Crippen molar-refractivity contribution in [3.63, 3.8) is 0 Å². The molecule has 2 nitrogen and oxygen atoms in total. The number of rotatable bonds is 20. The Morgan fingerprint density at radius 2 is 1.14 bits per heavy atom. The molecule has 0 aliphatic heterocycles. The fourth-order valence-electron chi connectivity index (χ4n) is 4.10. The Bertz CT molecular complexity index is 483. The Hall–Kier alpha value is -1.02. The van der Waals surface area contributed by atoms with Crippen LogP contribution in [0.25, 0.3) is 0 Å². The molecule has 0 spiro atoms. The maximum atomic E-state index is 5.72. The van der Waals surface area contributed by atoms with Gasteiger partial charge in [0, 0.05) is 7.11 Å². The average Bonchev–Trinajstić information content (AvgIpc) is 2.73. The Morgan fingerprint density at radius 3 is 1.62 bits per heavy atom. The lowest BCUT2D eigenvalue weighted by molar-refractivity contribution is 0.0503. The van der Waals surface area contributed by atoms with Crippen LogP contribution in [0, 0.1) is 6.92 Å². The summed E-state index contributed by atoms with van der Waals surface area (Å²) < 4.78 is 10.8. The number of hydrogen-bond donors (Lipinski definition) is 0. The van der Waals surface area contributed by atoms with Crippen molar-refractivity contribution in [3.05, 3.63) is 29.3 Å². The molecule has 0 radical (unpaired) electrons. The van der Waals surface area contributed by atoms with Crippen LogP contribution in [0.15, 0.2) is 18.2 Å². The fraction of sp³-hybridized carbons (Fsp3) is 0.778. The van der Waals surface area contributed by atoms with Gasteiger partial charge in [0.25, 0.3) is 0 Å². The normalized spacial score (nSPS) is 11.1. The Morgan fingerprint density at radius 1 is 0.655 bits per heavy atom. The molecule has 1 aromatic carbocycles. The number of hydrogen-bond acceptors (Lipinski definition) is 2. The van der Waals surface area contributed by atoms with E-state index >= 15 is 0 Å². The first-order valence-corrected chi connectivity index (χ1v) is 12.5. The van der Waals surface area contributed by atoms with Gasteiger partial charge in [0.15, 0.2) is 6.79 Å². The maximum absolute atomic E-state index is 5.72. The highest BCUT2D eigenvalue weighted by Gasteiger charge is 2.06. The molecule has 0 aliphatic rings. The molecule has 0 atom stereocenters. The molecular weight excluding hydrogens is 356 g/mol. The van der Waals surface area contributed by atoms with Crippen molar-refractivity contribution in [2.75, 3.05) is 13.9 Å². The van der Waals surface area contributed by atoms with E-state index in [9.17, 15) is 0 Å². The first-order chi connectivity index (χ1) is 14.3. The van der Waals surface area contributed by atoms with Gasteiger partial charge in [-0.15, -0.1) is 0 Å². The van der Waals surface area contributed by atoms with Crippen LogP contribution in [0.5, 0.6) is 5.75 Å². The summed E-state index contributed by atoms with van der Waals surface area (Å²) >= 11 is 0. The summed E-state index contributed by atoms with van der Waals surface area (Å²) in [6, 6.07) is 6.31. The van der Waals surface area contributed by atoms with E-state index < -0.39 is 0 Å². The van der Waals surface area contributed by atoms with Crippen molar-refractivity contribution in [1.29, 1.82) is 0 Å². The lowest BCUT2D eigenvalue weighted by atomic mass is 10.00. The standard InChI is InChI=1S/C27H48O2/c1-4-5-6-7-8-9-10-11-12-13-14-15-16-17-18-19-22-26-25(2)21-20-23-27(26)29-24-28-3/h20-21,23H,4-19,22,24H2,1-3H3. The number of aryl methyl sites for hydroxylation is 1. The van der Waals surface area contributed by atoms with Crippen LogP contribution in [0.4, 0.5) is 0 Å². The summed E-state index contributed by atoms with van der Waals surface area (Å²) in [5, 5.41) is 0. The third-order valence-electron chi connectivity index (χ3n) is 5.98. The molecule has 0 saturated heterocycles. The second-order valence-electron chi connectivity index (χ2n) is 8.66. The molecule has 168 valence electrons. The molecule has 1 rings (SSSR count).